The molecule has 2 aliphatic rings. The van der Waals surface area contributed by atoms with Gasteiger partial charge in [-0.15, -0.1) is 0 Å². The molecular weight excluding hydrogens is 232 g/mol. The molecule has 2 unspecified atom stereocenters. The second-order valence-corrected chi connectivity index (χ2v) is 7.57. The maximum Gasteiger partial charge on any atom is 0.178 e. The van der Waals surface area contributed by atoms with Gasteiger partial charge in [0.05, 0.1) is 10.6 Å². The molecule has 2 nitrogen and oxygen atoms in total. The van der Waals surface area contributed by atoms with E-state index in [0.29, 0.717) is 16.6 Å². The van der Waals surface area contributed by atoms with Gasteiger partial charge in [-0.05, 0) is 42.7 Å². The Bertz CT molecular complexity index is 506. The van der Waals surface area contributed by atoms with Crippen molar-refractivity contribution in [2.75, 3.05) is 5.75 Å². The zero-order chi connectivity index (χ0) is 11.9. The molecular formula is C14H18O2S. The first kappa shape index (κ1) is 11.3. The van der Waals surface area contributed by atoms with Crippen LogP contribution in [-0.4, -0.2) is 14.2 Å². The molecule has 2 aliphatic carbocycles. The Kier molecular flexibility index (Phi) is 2.54. The molecule has 0 saturated heterocycles. The van der Waals surface area contributed by atoms with Crippen molar-refractivity contribution in [3.63, 3.8) is 0 Å². The second kappa shape index (κ2) is 3.84. The van der Waals surface area contributed by atoms with Crippen molar-refractivity contribution in [1.29, 1.82) is 0 Å². The van der Waals surface area contributed by atoms with Gasteiger partial charge in [0.25, 0.3) is 0 Å². The van der Waals surface area contributed by atoms with Crippen LogP contribution in [0.1, 0.15) is 32.1 Å². The van der Waals surface area contributed by atoms with E-state index in [0.717, 1.165) is 12.8 Å². The third-order valence-corrected chi connectivity index (χ3v) is 6.36. The summed E-state index contributed by atoms with van der Waals surface area (Å²) in [5.41, 5.74) is 0.146. The normalized spacial score (nSPS) is 31.9. The van der Waals surface area contributed by atoms with Crippen LogP contribution in [0.25, 0.3) is 0 Å². The van der Waals surface area contributed by atoms with Crippen molar-refractivity contribution < 1.29 is 8.42 Å². The molecule has 0 aromatic heterocycles. The zero-order valence-electron chi connectivity index (χ0n) is 9.93. The SMILES string of the molecule is O=S(=O)(CC12CCCCC1C2)c1ccccc1. The first-order valence-electron chi connectivity index (χ1n) is 6.40. The lowest BCUT2D eigenvalue weighted by atomic mass is 9.90. The van der Waals surface area contributed by atoms with Crippen LogP contribution in [0, 0.1) is 11.3 Å². The van der Waals surface area contributed by atoms with Crippen molar-refractivity contribution in [2.24, 2.45) is 11.3 Å². The highest BCUT2D eigenvalue weighted by atomic mass is 32.2. The molecule has 0 aliphatic heterocycles. The largest absolute Gasteiger partial charge is 0.224 e. The lowest BCUT2D eigenvalue weighted by Gasteiger charge is -2.21. The van der Waals surface area contributed by atoms with Gasteiger partial charge in [0.2, 0.25) is 0 Å². The third kappa shape index (κ3) is 2.01. The fourth-order valence-electron chi connectivity index (χ4n) is 3.35. The van der Waals surface area contributed by atoms with Gasteiger partial charge in [0.15, 0.2) is 9.84 Å². The van der Waals surface area contributed by atoms with E-state index in [1.165, 1.54) is 19.3 Å². The Labute approximate surface area is 103 Å². The molecule has 2 saturated carbocycles. The van der Waals surface area contributed by atoms with Crippen molar-refractivity contribution in [2.45, 2.75) is 37.0 Å². The summed E-state index contributed by atoms with van der Waals surface area (Å²) >= 11 is 0. The maximum absolute atomic E-state index is 12.3. The molecule has 0 N–H and O–H groups in total. The van der Waals surface area contributed by atoms with Crippen molar-refractivity contribution in [1.82, 2.24) is 0 Å². The summed E-state index contributed by atoms with van der Waals surface area (Å²) in [4.78, 5) is 0.491. The van der Waals surface area contributed by atoms with Crippen LogP contribution >= 0.6 is 0 Å². The van der Waals surface area contributed by atoms with Crippen LogP contribution in [0.15, 0.2) is 35.2 Å². The summed E-state index contributed by atoms with van der Waals surface area (Å²) < 4.78 is 24.7. The molecule has 2 fully saturated rings. The Morgan fingerprint density at radius 2 is 1.94 bits per heavy atom. The van der Waals surface area contributed by atoms with E-state index in [-0.39, 0.29) is 5.41 Å². The van der Waals surface area contributed by atoms with E-state index in [2.05, 4.69) is 0 Å². The minimum absolute atomic E-state index is 0.146. The molecule has 92 valence electrons. The van der Waals surface area contributed by atoms with Crippen LogP contribution in [0.5, 0.6) is 0 Å². The van der Waals surface area contributed by atoms with Crippen LogP contribution in [0.4, 0.5) is 0 Å². The maximum atomic E-state index is 12.3. The van der Waals surface area contributed by atoms with Gasteiger partial charge in [-0.25, -0.2) is 8.42 Å². The highest BCUT2D eigenvalue weighted by Gasteiger charge is 2.56. The summed E-state index contributed by atoms with van der Waals surface area (Å²) in [5, 5.41) is 0. The summed E-state index contributed by atoms with van der Waals surface area (Å²) in [6.07, 6.45) is 5.99. The Morgan fingerprint density at radius 1 is 1.18 bits per heavy atom. The van der Waals surface area contributed by atoms with Crippen LogP contribution in [0.3, 0.4) is 0 Å². The first-order chi connectivity index (χ1) is 8.12. The van der Waals surface area contributed by atoms with E-state index >= 15 is 0 Å². The lowest BCUT2D eigenvalue weighted by Crippen LogP contribution is -2.21. The lowest BCUT2D eigenvalue weighted by molar-refractivity contribution is 0.366. The molecule has 1 aromatic carbocycles. The van der Waals surface area contributed by atoms with Gasteiger partial charge < -0.3 is 0 Å². The molecule has 3 rings (SSSR count). The predicted octanol–water partition coefficient (Wildman–Crippen LogP) is 3.04. The number of hydrogen-bond acceptors (Lipinski definition) is 2. The number of sulfone groups is 1. The standard InChI is InChI=1S/C14H18O2S/c15-17(16,13-7-2-1-3-8-13)11-14-9-5-4-6-12(14)10-14/h1-3,7-8,12H,4-6,9-11H2. The van der Waals surface area contributed by atoms with E-state index in [4.69, 9.17) is 0 Å². The number of fused-ring (bicyclic) bond motifs is 1. The van der Waals surface area contributed by atoms with Gasteiger partial charge in [0.1, 0.15) is 0 Å². The van der Waals surface area contributed by atoms with Crippen molar-refractivity contribution in [3.8, 4) is 0 Å². The predicted molar refractivity (Wildman–Crippen MR) is 67.5 cm³/mol. The molecule has 0 amide bonds. The minimum atomic E-state index is -3.08. The van der Waals surface area contributed by atoms with Crippen LogP contribution in [0.2, 0.25) is 0 Å². The highest BCUT2D eigenvalue weighted by molar-refractivity contribution is 7.91. The zero-order valence-corrected chi connectivity index (χ0v) is 10.7. The molecule has 0 spiro atoms. The number of rotatable bonds is 3. The van der Waals surface area contributed by atoms with Crippen molar-refractivity contribution >= 4 is 9.84 Å². The fourth-order valence-corrected chi connectivity index (χ4v) is 5.35. The van der Waals surface area contributed by atoms with Crippen LogP contribution in [-0.2, 0) is 9.84 Å². The molecule has 3 heteroatoms. The number of hydrogen-bond donors (Lipinski definition) is 0. The fraction of sp³-hybridized carbons (Fsp3) is 0.571. The smallest absolute Gasteiger partial charge is 0.178 e. The molecule has 0 heterocycles. The van der Waals surface area contributed by atoms with E-state index in [1.807, 2.05) is 6.07 Å². The van der Waals surface area contributed by atoms with E-state index in [9.17, 15) is 8.42 Å². The minimum Gasteiger partial charge on any atom is -0.224 e. The molecule has 1 aromatic rings. The highest BCUT2D eigenvalue weighted by Crippen LogP contribution is 2.62. The topological polar surface area (TPSA) is 34.1 Å². The summed E-state index contributed by atoms with van der Waals surface area (Å²) in [6, 6.07) is 8.89. The summed E-state index contributed by atoms with van der Waals surface area (Å²) in [5.74, 6) is 1.06. The molecule has 0 bridgehead atoms. The molecule has 0 radical (unpaired) electrons. The van der Waals surface area contributed by atoms with Gasteiger partial charge >= 0.3 is 0 Å². The Balaban J connectivity index is 1.82. The third-order valence-electron chi connectivity index (χ3n) is 4.42. The quantitative estimate of drug-likeness (QED) is 0.826. The van der Waals surface area contributed by atoms with Gasteiger partial charge in [-0.2, -0.15) is 0 Å². The summed E-state index contributed by atoms with van der Waals surface area (Å²) in [7, 11) is -3.08. The van der Waals surface area contributed by atoms with Crippen molar-refractivity contribution in [3.05, 3.63) is 30.3 Å². The average Bonchev–Trinajstić information content (AvgIpc) is 3.03. The van der Waals surface area contributed by atoms with Gasteiger partial charge in [-0.1, -0.05) is 31.0 Å². The summed E-state index contributed by atoms with van der Waals surface area (Å²) in [6.45, 7) is 0. The Morgan fingerprint density at radius 3 is 2.65 bits per heavy atom. The number of benzene rings is 1. The van der Waals surface area contributed by atoms with Crippen LogP contribution < -0.4 is 0 Å². The molecule has 2 atom stereocenters. The van der Waals surface area contributed by atoms with Gasteiger partial charge in [-0.3, -0.25) is 0 Å². The van der Waals surface area contributed by atoms with E-state index in [1.54, 1.807) is 24.3 Å². The Hall–Kier alpha value is -0.830. The van der Waals surface area contributed by atoms with E-state index < -0.39 is 9.84 Å². The second-order valence-electron chi connectivity index (χ2n) is 5.58. The van der Waals surface area contributed by atoms with Gasteiger partial charge in [0, 0.05) is 0 Å². The monoisotopic (exact) mass is 250 g/mol. The molecule has 17 heavy (non-hydrogen) atoms. The first-order valence-corrected chi connectivity index (χ1v) is 8.05. The average molecular weight is 250 g/mol.